The van der Waals surface area contributed by atoms with Crippen molar-refractivity contribution >= 4 is 29.5 Å². The van der Waals surface area contributed by atoms with E-state index < -0.39 is 0 Å². The van der Waals surface area contributed by atoms with Crippen LogP contribution in [-0.2, 0) is 6.42 Å². The minimum Gasteiger partial charge on any atom is -0.143 e. The van der Waals surface area contributed by atoms with Crippen LogP contribution in [0.5, 0.6) is 0 Å². The molecule has 88 valence electrons. The molecule has 0 radical (unpaired) electrons. The lowest BCUT2D eigenvalue weighted by molar-refractivity contribution is 1.12. The van der Waals surface area contributed by atoms with Crippen LogP contribution in [0.25, 0.3) is 16.8 Å². The van der Waals surface area contributed by atoms with Gasteiger partial charge in [-0.05, 0) is 59.4 Å². The monoisotopic (exact) mass is 242 g/mol. The fourth-order valence-corrected chi connectivity index (χ4v) is 2.87. The van der Waals surface area contributed by atoms with E-state index in [9.17, 15) is 0 Å². The smallest absolute Gasteiger partial charge is 0.0121 e. The topological polar surface area (TPSA) is 0 Å². The molecule has 0 aliphatic carbocycles. The summed E-state index contributed by atoms with van der Waals surface area (Å²) in [6, 6.07) is 6.61. The summed E-state index contributed by atoms with van der Waals surface area (Å²) in [6.07, 6.45) is 2.96. The Morgan fingerprint density at radius 1 is 1.18 bits per heavy atom. The maximum Gasteiger partial charge on any atom is 0.0121 e. The van der Waals surface area contributed by atoms with E-state index in [1.165, 1.54) is 27.5 Å². The number of hydrogen-bond acceptors (Lipinski definition) is 1. The summed E-state index contributed by atoms with van der Waals surface area (Å²) in [6.45, 7) is 10.4. The molecule has 0 aromatic heterocycles. The molecule has 0 unspecified atom stereocenters. The Balaban J connectivity index is 2.91. The largest absolute Gasteiger partial charge is 0.143 e. The SMILES string of the molecule is C=Cc1c(S)cc2c(C)c(CC)ccc2c1C. The van der Waals surface area contributed by atoms with Crippen LogP contribution >= 0.6 is 12.6 Å². The van der Waals surface area contributed by atoms with Crippen molar-refractivity contribution in [2.75, 3.05) is 0 Å². The highest BCUT2D eigenvalue weighted by Gasteiger charge is 2.09. The molecule has 17 heavy (non-hydrogen) atoms. The van der Waals surface area contributed by atoms with Crippen molar-refractivity contribution in [1.82, 2.24) is 0 Å². The molecule has 0 bridgehead atoms. The van der Waals surface area contributed by atoms with Gasteiger partial charge in [-0.3, -0.25) is 0 Å². The summed E-state index contributed by atoms with van der Waals surface area (Å²) in [5.74, 6) is 0. The van der Waals surface area contributed by atoms with Crippen LogP contribution in [0.15, 0.2) is 29.7 Å². The van der Waals surface area contributed by atoms with E-state index in [0.717, 1.165) is 16.9 Å². The highest BCUT2D eigenvalue weighted by atomic mass is 32.1. The fraction of sp³-hybridized carbons (Fsp3) is 0.250. The number of aryl methyl sites for hydroxylation is 3. The van der Waals surface area contributed by atoms with E-state index in [0.29, 0.717) is 0 Å². The molecule has 0 saturated carbocycles. The van der Waals surface area contributed by atoms with E-state index in [2.05, 4.69) is 58.2 Å². The standard InChI is InChI=1S/C16H18S/c1-5-12-7-8-14-11(4)13(6-2)16(17)9-15(14)10(12)3/h6-9,17H,2,5H2,1,3-4H3. The molecule has 0 saturated heterocycles. The zero-order valence-electron chi connectivity index (χ0n) is 10.7. The molecule has 0 heterocycles. The van der Waals surface area contributed by atoms with E-state index in [1.54, 1.807) is 0 Å². The molecule has 0 aliphatic heterocycles. The van der Waals surface area contributed by atoms with E-state index in [1.807, 2.05) is 6.08 Å². The minimum atomic E-state index is 1.02. The van der Waals surface area contributed by atoms with Gasteiger partial charge in [-0.1, -0.05) is 31.7 Å². The van der Waals surface area contributed by atoms with Gasteiger partial charge in [0.2, 0.25) is 0 Å². The van der Waals surface area contributed by atoms with E-state index in [-0.39, 0.29) is 0 Å². The first-order valence-corrected chi connectivity index (χ1v) is 6.42. The van der Waals surface area contributed by atoms with Crippen molar-refractivity contribution in [3.8, 4) is 0 Å². The molecular weight excluding hydrogens is 224 g/mol. The first kappa shape index (κ1) is 12.3. The third-order valence-corrected chi connectivity index (χ3v) is 3.95. The molecule has 2 rings (SSSR count). The van der Waals surface area contributed by atoms with Gasteiger partial charge in [-0.15, -0.1) is 12.6 Å². The van der Waals surface area contributed by atoms with Crippen LogP contribution in [0.4, 0.5) is 0 Å². The number of benzene rings is 2. The Bertz CT molecular complexity index is 594. The average molecular weight is 242 g/mol. The Hall–Kier alpha value is -1.21. The van der Waals surface area contributed by atoms with Gasteiger partial charge in [0.05, 0.1) is 0 Å². The lowest BCUT2D eigenvalue weighted by Crippen LogP contribution is -1.92. The van der Waals surface area contributed by atoms with Crippen LogP contribution in [0, 0.1) is 13.8 Å². The van der Waals surface area contributed by atoms with Crippen LogP contribution in [0.2, 0.25) is 0 Å². The van der Waals surface area contributed by atoms with Crippen molar-refractivity contribution < 1.29 is 0 Å². The second-order valence-corrected chi connectivity index (χ2v) is 4.92. The summed E-state index contributed by atoms with van der Waals surface area (Å²) in [4.78, 5) is 1.02. The van der Waals surface area contributed by atoms with Crippen LogP contribution in [0.1, 0.15) is 29.2 Å². The predicted octanol–water partition coefficient (Wildman–Crippen LogP) is 4.95. The highest BCUT2D eigenvalue weighted by Crippen LogP contribution is 2.31. The third kappa shape index (κ3) is 1.89. The lowest BCUT2D eigenvalue weighted by atomic mass is 9.93. The Labute approximate surface area is 109 Å². The Morgan fingerprint density at radius 2 is 1.88 bits per heavy atom. The maximum absolute atomic E-state index is 4.56. The molecule has 0 aliphatic rings. The molecule has 0 amide bonds. The first-order chi connectivity index (χ1) is 8.10. The summed E-state index contributed by atoms with van der Waals surface area (Å²) in [7, 11) is 0. The minimum absolute atomic E-state index is 1.02. The number of thiol groups is 1. The Kier molecular flexibility index (Phi) is 3.30. The molecule has 0 fully saturated rings. The van der Waals surface area contributed by atoms with Gasteiger partial charge in [0.15, 0.2) is 0 Å². The molecule has 0 N–H and O–H groups in total. The number of hydrogen-bond donors (Lipinski definition) is 1. The van der Waals surface area contributed by atoms with Crippen molar-refractivity contribution in [2.45, 2.75) is 32.1 Å². The quantitative estimate of drug-likeness (QED) is 0.708. The van der Waals surface area contributed by atoms with Gasteiger partial charge in [0.1, 0.15) is 0 Å². The van der Waals surface area contributed by atoms with Gasteiger partial charge >= 0.3 is 0 Å². The second kappa shape index (κ2) is 4.58. The van der Waals surface area contributed by atoms with Crippen LogP contribution in [0.3, 0.4) is 0 Å². The van der Waals surface area contributed by atoms with Gasteiger partial charge in [-0.2, -0.15) is 0 Å². The summed E-state index contributed by atoms with van der Waals surface area (Å²) >= 11 is 4.56. The van der Waals surface area contributed by atoms with Gasteiger partial charge < -0.3 is 0 Å². The van der Waals surface area contributed by atoms with Gasteiger partial charge in [0.25, 0.3) is 0 Å². The lowest BCUT2D eigenvalue weighted by Gasteiger charge is -2.13. The highest BCUT2D eigenvalue weighted by molar-refractivity contribution is 7.80. The van der Waals surface area contributed by atoms with Crippen molar-refractivity contribution in [2.24, 2.45) is 0 Å². The average Bonchev–Trinajstić information content (AvgIpc) is 2.31. The molecule has 2 aromatic carbocycles. The molecule has 0 atom stereocenters. The maximum atomic E-state index is 4.56. The van der Waals surface area contributed by atoms with Gasteiger partial charge in [-0.25, -0.2) is 0 Å². The van der Waals surface area contributed by atoms with E-state index in [4.69, 9.17) is 0 Å². The zero-order chi connectivity index (χ0) is 12.6. The fourth-order valence-electron chi connectivity index (χ4n) is 2.48. The summed E-state index contributed by atoms with van der Waals surface area (Å²) < 4.78 is 0. The van der Waals surface area contributed by atoms with Crippen LogP contribution < -0.4 is 0 Å². The zero-order valence-corrected chi connectivity index (χ0v) is 11.6. The molecule has 0 spiro atoms. The molecule has 1 heteroatoms. The molecular formula is C16H18S. The number of rotatable bonds is 2. The number of fused-ring (bicyclic) bond motifs is 1. The molecule has 0 nitrogen and oxygen atoms in total. The second-order valence-electron chi connectivity index (χ2n) is 4.44. The third-order valence-electron chi connectivity index (χ3n) is 3.58. The van der Waals surface area contributed by atoms with Crippen LogP contribution in [-0.4, -0.2) is 0 Å². The van der Waals surface area contributed by atoms with Crippen molar-refractivity contribution in [3.63, 3.8) is 0 Å². The van der Waals surface area contributed by atoms with Crippen molar-refractivity contribution in [1.29, 1.82) is 0 Å². The first-order valence-electron chi connectivity index (χ1n) is 5.97. The summed E-state index contributed by atoms with van der Waals surface area (Å²) in [5, 5.41) is 2.63. The van der Waals surface area contributed by atoms with Crippen molar-refractivity contribution in [3.05, 3.63) is 47.0 Å². The molecule has 2 aromatic rings. The van der Waals surface area contributed by atoms with E-state index >= 15 is 0 Å². The predicted molar refractivity (Wildman–Crippen MR) is 80.1 cm³/mol. The normalized spacial score (nSPS) is 10.8. The summed E-state index contributed by atoms with van der Waals surface area (Å²) in [5.41, 5.74) is 5.20. The van der Waals surface area contributed by atoms with Gasteiger partial charge in [0, 0.05) is 4.90 Å². The Morgan fingerprint density at radius 3 is 2.47 bits per heavy atom.